The van der Waals surface area contributed by atoms with Gasteiger partial charge in [0.05, 0.1) is 0 Å². The third-order valence-corrected chi connectivity index (χ3v) is 6.67. The van der Waals surface area contributed by atoms with Crippen LogP contribution in [0.2, 0.25) is 0 Å². The van der Waals surface area contributed by atoms with Crippen LogP contribution in [0, 0.1) is 11.3 Å². The minimum absolute atomic E-state index is 0.683. The Labute approximate surface area is 152 Å². The topological polar surface area (TPSA) is 9.72 Å². The van der Waals surface area contributed by atoms with Crippen LogP contribution in [0.15, 0.2) is 0 Å². The number of hydrogen-bond donors (Lipinski definition) is 0. The Balaban J connectivity index is 0.00000100. The Morgan fingerprint density at radius 2 is 1.38 bits per heavy atom. The molecule has 24 heavy (non-hydrogen) atoms. The van der Waals surface area contributed by atoms with Crippen LogP contribution in [-0.2, 0) is 0 Å². The highest BCUT2D eigenvalue weighted by atomic mass is 15.2. The third-order valence-electron chi connectivity index (χ3n) is 6.67. The van der Waals surface area contributed by atoms with E-state index in [9.17, 15) is 0 Å². The zero-order valence-corrected chi connectivity index (χ0v) is 16.8. The summed E-state index contributed by atoms with van der Waals surface area (Å²) in [6, 6.07) is 0.728. The number of piperidine rings is 3. The van der Waals surface area contributed by atoms with Crippen LogP contribution in [-0.4, -0.2) is 74.4 Å². The molecule has 0 saturated carbocycles. The molecule has 4 heteroatoms. The molecular weight excluding hydrogens is 293 g/mol. The van der Waals surface area contributed by atoms with Gasteiger partial charge in [-0.2, -0.15) is 0 Å². The number of rotatable bonds is 3. The van der Waals surface area contributed by atoms with Crippen molar-refractivity contribution >= 4 is 7.98 Å². The molecular formula is C20H40BN3. The highest BCUT2D eigenvalue weighted by Gasteiger charge is 2.38. The quantitative estimate of drug-likeness (QED) is 0.733. The fourth-order valence-electron chi connectivity index (χ4n) is 4.73. The van der Waals surface area contributed by atoms with Gasteiger partial charge >= 0.3 is 0 Å². The lowest BCUT2D eigenvalue weighted by Gasteiger charge is -2.48. The molecule has 3 aliphatic heterocycles. The molecule has 138 valence electrons. The van der Waals surface area contributed by atoms with Gasteiger partial charge in [0.2, 0.25) is 0 Å². The second-order valence-corrected chi connectivity index (χ2v) is 8.41. The Morgan fingerprint density at radius 1 is 0.875 bits per heavy atom. The summed E-state index contributed by atoms with van der Waals surface area (Å²) in [5, 5.41) is 0. The van der Waals surface area contributed by atoms with Crippen LogP contribution in [0.3, 0.4) is 0 Å². The van der Waals surface area contributed by atoms with E-state index in [-0.39, 0.29) is 0 Å². The number of nitrogens with zero attached hydrogens (tertiary/aromatic N) is 3. The summed E-state index contributed by atoms with van der Waals surface area (Å²) in [5.74, 6) is 0.886. The lowest BCUT2D eigenvalue weighted by atomic mass is 9.71. The van der Waals surface area contributed by atoms with Crippen LogP contribution >= 0.6 is 0 Å². The molecule has 1 spiro atoms. The van der Waals surface area contributed by atoms with E-state index in [2.05, 4.69) is 23.6 Å². The average Bonchev–Trinajstić information content (AvgIpc) is 2.61. The summed E-state index contributed by atoms with van der Waals surface area (Å²) in [5.41, 5.74) is 0.683. The van der Waals surface area contributed by atoms with E-state index in [0.717, 1.165) is 25.0 Å². The first-order valence-electron chi connectivity index (χ1n) is 10.5. The van der Waals surface area contributed by atoms with Gasteiger partial charge in [-0.3, -0.25) is 0 Å². The molecule has 0 amide bonds. The average molecular weight is 333 g/mol. The van der Waals surface area contributed by atoms with Gasteiger partial charge in [-0.25, -0.2) is 0 Å². The molecule has 0 atom stereocenters. The second-order valence-electron chi connectivity index (χ2n) is 8.41. The first-order chi connectivity index (χ1) is 11.6. The van der Waals surface area contributed by atoms with Crippen molar-refractivity contribution in [3.8, 4) is 0 Å². The van der Waals surface area contributed by atoms with Gasteiger partial charge in [0.15, 0.2) is 7.98 Å². The Kier molecular flexibility index (Phi) is 8.09. The minimum atomic E-state index is 0.683. The Bertz CT molecular complexity index is 335. The van der Waals surface area contributed by atoms with Gasteiger partial charge in [0.1, 0.15) is 0 Å². The molecule has 3 nitrogen and oxygen atoms in total. The third kappa shape index (κ3) is 5.47. The fraction of sp³-hybridized carbons (Fsp3) is 1.00. The van der Waals surface area contributed by atoms with Gasteiger partial charge < -0.3 is 14.6 Å². The van der Waals surface area contributed by atoms with E-state index in [1.165, 1.54) is 71.2 Å². The van der Waals surface area contributed by atoms with E-state index >= 15 is 0 Å². The van der Waals surface area contributed by atoms with Crippen molar-refractivity contribution in [2.75, 3.05) is 45.8 Å². The Hall–Kier alpha value is -0.0551. The molecule has 2 radical (unpaired) electrons. The molecule has 0 aromatic carbocycles. The first kappa shape index (κ1) is 20.3. The molecule has 0 N–H and O–H groups in total. The highest BCUT2D eigenvalue weighted by Crippen LogP contribution is 2.41. The van der Waals surface area contributed by atoms with Gasteiger partial charge in [0.25, 0.3) is 0 Å². The summed E-state index contributed by atoms with van der Waals surface area (Å²) in [4.78, 5) is 7.40. The molecule has 3 heterocycles. The SMILES string of the molecule is CC.[B]N1CCC(CN2CCC3(CC2)CCN(C(C)C)CC3)CC1. The number of hydrogen-bond acceptors (Lipinski definition) is 3. The van der Waals surface area contributed by atoms with Crippen LogP contribution in [0.5, 0.6) is 0 Å². The first-order valence-corrected chi connectivity index (χ1v) is 10.5. The lowest BCUT2D eigenvalue weighted by molar-refractivity contribution is 0.0188. The molecule has 0 aromatic heterocycles. The van der Waals surface area contributed by atoms with Gasteiger partial charge in [-0.05, 0) is 103 Å². The van der Waals surface area contributed by atoms with Crippen molar-refractivity contribution in [3.63, 3.8) is 0 Å². The monoisotopic (exact) mass is 333 g/mol. The van der Waals surface area contributed by atoms with E-state index in [4.69, 9.17) is 7.98 Å². The molecule has 3 aliphatic rings. The molecule has 0 aliphatic carbocycles. The Morgan fingerprint density at radius 3 is 1.88 bits per heavy atom. The van der Waals surface area contributed by atoms with Gasteiger partial charge in [-0.15, -0.1) is 0 Å². The maximum Gasteiger partial charge on any atom is 0.182 e. The van der Waals surface area contributed by atoms with Crippen LogP contribution in [0.4, 0.5) is 0 Å². The largest absolute Gasteiger partial charge is 0.353 e. The van der Waals surface area contributed by atoms with E-state index in [1.54, 1.807) is 0 Å². The smallest absolute Gasteiger partial charge is 0.182 e. The minimum Gasteiger partial charge on any atom is -0.353 e. The molecule has 0 unspecified atom stereocenters. The van der Waals surface area contributed by atoms with Crippen molar-refractivity contribution < 1.29 is 0 Å². The highest BCUT2D eigenvalue weighted by molar-refractivity contribution is 6.04. The normalized spacial score (nSPS) is 27.2. The molecule has 3 saturated heterocycles. The molecule has 3 rings (SSSR count). The zero-order valence-electron chi connectivity index (χ0n) is 16.8. The fourth-order valence-corrected chi connectivity index (χ4v) is 4.73. The summed E-state index contributed by atoms with van der Waals surface area (Å²) in [7, 11) is 5.87. The van der Waals surface area contributed by atoms with Crippen LogP contribution < -0.4 is 0 Å². The van der Waals surface area contributed by atoms with Gasteiger partial charge in [0, 0.05) is 12.6 Å². The maximum absolute atomic E-state index is 5.87. The second kappa shape index (κ2) is 9.59. The maximum atomic E-state index is 5.87. The summed E-state index contributed by atoms with van der Waals surface area (Å²) in [6.07, 6.45) is 8.33. The van der Waals surface area contributed by atoms with Gasteiger partial charge in [-0.1, -0.05) is 13.8 Å². The van der Waals surface area contributed by atoms with Crippen molar-refractivity contribution in [1.29, 1.82) is 0 Å². The molecule has 3 fully saturated rings. The van der Waals surface area contributed by atoms with E-state index in [0.29, 0.717) is 5.41 Å². The van der Waals surface area contributed by atoms with Crippen molar-refractivity contribution in [2.45, 2.75) is 72.3 Å². The standard InChI is InChI=1S/C18H34BN3.C2H6/c1-16(2)21-13-7-18(8-14-21)5-11-20(12-6-18)15-17-3-9-22(19)10-4-17;1-2/h16-17H,3-15H2,1-2H3;1-2H3. The zero-order chi connectivity index (χ0) is 17.6. The van der Waals surface area contributed by atoms with Crippen LogP contribution in [0.25, 0.3) is 0 Å². The summed E-state index contributed by atoms with van der Waals surface area (Å²) in [6.45, 7) is 17.5. The lowest BCUT2D eigenvalue weighted by Crippen LogP contribution is -2.49. The predicted octanol–water partition coefficient (Wildman–Crippen LogP) is 3.39. The summed E-state index contributed by atoms with van der Waals surface area (Å²) < 4.78 is 0. The van der Waals surface area contributed by atoms with Crippen molar-refractivity contribution in [3.05, 3.63) is 0 Å². The molecule has 0 aromatic rings. The van der Waals surface area contributed by atoms with Crippen molar-refractivity contribution in [2.24, 2.45) is 11.3 Å². The molecule has 0 bridgehead atoms. The predicted molar refractivity (Wildman–Crippen MR) is 105 cm³/mol. The summed E-state index contributed by atoms with van der Waals surface area (Å²) >= 11 is 0. The van der Waals surface area contributed by atoms with Crippen molar-refractivity contribution in [1.82, 2.24) is 14.6 Å². The van der Waals surface area contributed by atoms with E-state index < -0.39 is 0 Å². The van der Waals surface area contributed by atoms with E-state index in [1.807, 2.05) is 18.7 Å². The van der Waals surface area contributed by atoms with Crippen LogP contribution in [0.1, 0.15) is 66.2 Å². The number of likely N-dealkylation sites (tertiary alicyclic amines) is 2.